The van der Waals surface area contributed by atoms with Crippen LogP contribution in [0.5, 0.6) is 5.75 Å². The number of nitrogens with zero attached hydrogens (tertiary/aromatic N) is 3. The normalized spacial score (nSPS) is 11.0. The molecule has 35 heavy (non-hydrogen) atoms. The Morgan fingerprint density at radius 3 is 2.74 bits per heavy atom. The average Bonchev–Trinajstić information content (AvgIpc) is 3.51. The van der Waals surface area contributed by atoms with Crippen molar-refractivity contribution in [3.05, 3.63) is 83.9 Å². The minimum Gasteiger partial charge on any atom is -0.497 e. The maximum atomic E-state index is 13.9. The minimum atomic E-state index is -0.268. The highest BCUT2D eigenvalue weighted by atomic mass is 32.2. The van der Waals surface area contributed by atoms with Crippen LogP contribution in [0.3, 0.4) is 0 Å². The van der Waals surface area contributed by atoms with Crippen LogP contribution in [0.25, 0.3) is 22.5 Å². The van der Waals surface area contributed by atoms with Crippen molar-refractivity contribution in [3.63, 3.8) is 0 Å². The van der Waals surface area contributed by atoms with Crippen molar-refractivity contribution in [1.29, 1.82) is 0 Å². The Hall–Kier alpha value is -4.18. The predicted molar refractivity (Wildman–Crippen MR) is 131 cm³/mol. The Morgan fingerprint density at radius 2 is 1.94 bits per heavy atom. The van der Waals surface area contributed by atoms with Crippen LogP contribution in [0.1, 0.15) is 11.4 Å². The van der Waals surface area contributed by atoms with E-state index in [0.29, 0.717) is 34.6 Å². The molecule has 0 aliphatic rings. The van der Waals surface area contributed by atoms with Gasteiger partial charge < -0.3 is 19.5 Å². The van der Waals surface area contributed by atoms with E-state index in [-0.39, 0.29) is 17.5 Å². The third-order valence-corrected chi connectivity index (χ3v) is 6.02. The summed E-state index contributed by atoms with van der Waals surface area (Å²) < 4.78 is 24.7. The summed E-state index contributed by atoms with van der Waals surface area (Å²) in [6, 6.07) is 19.2. The van der Waals surface area contributed by atoms with Gasteiger partial charge in [0, 0.05) is 17.7 Å². The lowest BCUT2D eigenvalue weighted by Gasteiger charge is -2.03. The molecule has 0 saturated carbocycles. The van der Waals surface area contributed by atoms with Crippen molar-refractivity contribution in [2.24, 2.45) is 0 Å². The molecular formula is C25H20FN5O3S. The molecule has 0 bridgehead atoms. The molecule has 10 heteroatoms. The molecular weight excluding hydrogens is 469 g/mol. The zero-order chi connectivity index (χ0) is 24.2. The summed E-state index contributed by atoms with van der Waals surface area (Å²) in [5.41, 5.74) is 3.43. The van der Waals surface area contributed by atoms with Gasteiger partial charge >= 0.3 is 0 Å². The molecule has 0 atom stereocenters. The molecule has 0 saturated heterocycles. The fraction of sp³-hybridized carbons (Fsp3) is 0.120. The summed E-state index contributed by atoms with van der Waals surface area (Å²) in [4.78, 5) is 20.2. The molecule has 0 unspecified atom stereocenters. The molecule has 0 radical (unpaired) electrons. The lowest BCUT2D eigenvalue weighted by atomic mass is 10.1. The Labute approximate surface area is 203 Å². The van der Waals surface area contributed by atoms with Crippen LogP contribution in [0.15, 0.2) is 76.4 Å². The Kier molecular flexibility index (Phi) is 6.44. The van der Waals surface area contributed by atoms with E-state index >= 15 is 0 Å². The molecule has 0 fully saturated rings. The summed E-state index contributed by atoms with van der Waals surface area (Å²) in [5.74, 6) is 1.36. The summed E-state index contributed by atoms with van der Waals surface area (Å²) >= 11 is 1.15. The monoisotopic (exact) mass is 489 g/mol. The number of halogens is 1. The number of hydrogen-bond acceptors (Lipinski definition) is 7. The van der Waals surface area contributed by atoms with E-state index in [4.69, 9.17) is 9.15 Å². The Bertz CT molecular complexity index is 1480. The largest absolute Gasteiger partial charge is 0.497 e. The molecule has 5 aromatic rings. The summed E-state index contributed by atoms with van der Waals surface area (Å²) in [7, 11) is 1.60. The molecule has 0 aliphatic heterocycles. The number of fused-ring (bicyclic) bond motifs is 1. The van der Waals surface area contributed by atoms with E-state index in [1.165, 1.54) is 6.07 Å². The number of thioether (sulfide) groups is 1. The maximum Gasteiger partial charge on any atom is 0.277 e. The number of nitrogens with one attached hydrogen (secondary N) is 2. The van der Waals surface area contributed by atoms with Crippen molar-refractivity contribution in [2.75, 3.05) is 18.2 Å². The van der Waals surface area contributed by atoms with Gasteiger partial charge in [-0.25, -0.2) is 9.37 Å². The maximum absolute atomic E-state index is 13.9. The number of anilines is 1. The van der Waals surface area contributed by atoms with Gasteiger partial charge in [0.2, 0.25) is 11.8 Å². The first-order valence-electron chi connectivity index (χ1n) is 10.7. The Morgan fingerprint density at radius 1 is 1.11 bits per heavy atom. The summed E-state index contributed by atoms with van der Waals surface area (Å²) in [5, 5.41) is 11.2. The topological polar surface area (TPSA) is 106 Å². The first kappa shape index (κ1) is 22.6. The Balaban J connectivity index is 1.19. The third kappa shape index (κ3) is 5.33. The van der Waals surface area contributed by atoms with Crippen LogP contribution in [0, 0.1) is 5.82 Å². The molecule has 8 nitrogen and oxygen atoms in total. The number of rotatable bonds is 8. The molecule has 0 aliphatic carbocycles. The van der Waals surface area contributed by atoms with Gasteiger partial charge in [0.1, 0.15) is 17.4 Å². The molecule has 5 rings (SSSR count). The van der Waals surface area contributed by atoms with Crippen LogP contribution in [0.2, 0.25) is 0 Å². The highest BCUT2D eigenvalue weighted by Crippen LogP contribution is 2.25. The SMILES string of the molecule is COc1ccc(-c2nnc(SCC(=O)Nc3ccc4nc(Cc5ccccc5F)[nH]c4c3)o2)cc1. The average molecular weight is 490 g/mol. The summed E-state index contributed by atoms with van der Waals surface area (Å²) in [6.07, 6.45) is 0.350. The number of benzene rings is 3. The van der Waals surface area contributed by atoms with Crippen molar-refractivity contribution in [3.8, 4) is 17.2 Å². The number of H-pyrrole nitrogens is 1. The zero-order valence-corrected chi connectivity index (χ0v) is 19.4. The number of ether oxygens (including phenoxy) is 1. The number of imidazole rings is 1. The fourth-order valence-corrected chi connectivity index (χ4v) is 4.05. The molecule has 1 amide bonds. The van der Waals surface area contributed by atoms with Crippen LogP contribution < -0.4 is 10.1 Å². The second-order valence-electron chi connectivity index (χ2n) is 7.62. The second kappa shape index (κ2) is 9.98. The minimum absolute atomic E-state index is 0.101. The number of hydrogen-bond donors (Lipinski definition) is 2. The molecule has 0 spiro atoms. The van der Waals surface area contributed by atoms with Gasteiger partial charge in [-0.2, -0.15) is 0 Å². The highest BCUT2D eigenvalue weighted by molar-refractivity contribution is 7.99. The standard InChI is InChI=1S/C25H20FN5O3S/c1-33-18-9-6-15(7-10-18)24-30-31-25(34-24)35-14-23(32)27-17-8-11-20-21(13-17)29-22(28-20)12-16-4-2-3-5-19(16)26/h2-11,13H,12,14H2,1H3,(H,27,32)(H,28,29). The van der Waals surface area contributed by atoms with E-state index in [9.17, 15) is 9.18 Å². The van der Waals surface area contributed by atoms with E-state index in [0.717, 1.165) is 34.1 Å². The lowest BCUT2D eigenvalue weighted by molar-refractivity contribution is -0.113. The zero-order valence-electron chi connectivity index (χ0n) is 18.6. The van der Waals surface area contributed by atoms with Crippen molar-refractivity contribution in [1.82, 2.24) is 20.2 Å². The van der Waals surface area contributed by atoms with E-state index in [2.05, 4.69) is 25.5 Å². The van der Waals surface area contributed by atoms with Crippen molar-refractivity contribution >= 4 is 34.4 Å². The van der Waals surface area contributed by atoms with Crippen LogP contribution >= 0.6 is 11.8 Å². The first-order chi connectivity index (χ1) is 17.1. The van der Waals surface area contributed by atoms with E-state index < -0.39 is 0 Å². The van der Waals surface area contributed by atoms with Gasteiger partial charge in [-0.15, -0.1) is 10.2 Å². The number of carbonyl (C=O) groups is 1. The van der Waals surface area contributed by atoms with Crippen LogP contribution in [0.4, 0.5) is 10.1 Å². The number of methoxy groups -OCH3 is 1. The van der Waals surface area contributed by atoms with Gasteiger partial charge in [-0.05, 0) is 54.1 Å². The molecule has 176 valence electrons. The van der Waals surface area contributed by atoms with Gasteiger partial charge in [0.05, 0.1) is 23.9 Å². The fourth-order valence-electron chi connectivity index (χ4n) is 3.49. The molecule has 2 aromatic heterocycles. The third-order valence-electron chi connectivity index (χ3n) is 5.20. The van der Waals surface area contributed by atoms with Crippen molar-refractivity contribution < 1.29 is 18.3 Å². The van der Waals surface area contributed by atoms with Gasteiger partial charge in [-0.1, -0.05) is 30.0 Å². The van der Waals surface area contributed by atoms with Gasteiger partial charge in [0.15, 0.2) is 0 Å². The predicted octanol–water partition coefficient (Wildman–Crippen LogP) is 5.08. The smallest absolute Gasteiger partial charge is 0.277 e. The van der Waals surface area contributed by atoms with E-state index in [1.54, 1.807) is 55.6 Å². The second-order valence-corrected chi connectivity index (χ2v) is 8.55. The van der Waals surface area contributed by atoms with Gasteiger partial charge in [-0.3, -0.25) is 4.79 Å². The lowest BCUT2D eigenvalue weighted by Crippen LogP contribution is -2.13. The van der Waals surface area contributed by atoms with Crippen LogP contribution in [-0.2, 0) is 11.2 Å². The number of amides is 1. The highest BCUT2D eigenvalue weighted by Gasteiger charge is 2.13. The van der Waals surface area contributed by atoms with Gasteiger partial charge in [0.25, 0.3) is 5.22 Å². The quantitative estimate of drug-likeness (QED) is 0.293. The number of carbonyl (C=O) groups excluding carboxylic acids is 1. The molecule has 2 heterocycles. The first-order valence-corrected chi connectivity index (χ1v) is 11.7. The molecule has 3 aromatic carbocycles. The number of aromatic nitrogens is 4. The number of aromatic amines is 1. The van der Waals surface area contributed by atoms with Crippen molar-refractivity contribution in [2.45, 2.75) is 11.6 Å². The van der Waals surface area contributed by atoms with Crippen LogP contribution in [-0.4, -0.2) is 38.9 Å². The van der Waals surface area contributed by atoms with E-state index in [1.807, 2.05) is 12.1 Å². The molecule has 2 N–H and O–H groups in total. The summed E-state index contributed by atoms with van der Waals surface area (Å²) in [6.45, 7) is 0.